The van der Waals surface area contributed by atoms with Gasteiger partial charge in [0, 0.05) is 13.2 Å². The van der Waals surface area contributed by atoms with Crippen LogP contribution in [0, 0.1) is 11.3 Å². The number of nitrogens with one attached hydrogen (secondary N) is 1. The van der Waals surface area contributed by atoms with Gasteiger partial charge in [0.05, 0.1) is 18.2 Å². The van der Waals surface area contributed by atoms with E-state index in [-0.39, 0.29) is 6.04 Å². The molecule has 0 amide bonds. The number of nitrogens with zero attached hydrogens (tertiary/aromatic N) is 2. The molecule has 0 aliphatic carbocycles. The zero-order valence-electron chi connectivity index (χ0n) is 8.62. The third kappa shape index (κ3) is 3.74. The van der Waals surface area contributed by atoms with E-state index < -0.39 is 0 Å². The Balaban J connectivity index is 2.77. The van der Waals surface area contributed by atoms with Crippen LogP contribution in [-0.2, 0) is 4.74 Å². The molecule has 1 N–H and O–H groups in total. The number of pyridine rings is 1. The molecule has 1 heterocycles. The van der Waals surface area contributed by atoms with Crippen molar-refractivity contribution in [3.8, 4) is 6.07 Å². The summed E-state index contributed by atoms with van der Waals surface area (Å²) in [5, 5.41) is 12.1. The lowest BCUT2D eigenvalue weighted by Crippen LogP contribution is -2.21. The molecule has 1 rings (SSSR count). The number of methoxy groups -OCH3 is 1. The van der Waals surface area contributed by atoms with Gasteiger partial charge in [-0.2, -0.15) is 5.26 Å². The van der Waals surface area contributed by atoms with E-state index in [0.29, 0.717) is 23.1 Å². The molecule has 0 radical (unpaired) electrons. The van der Waals surface area contributed by atoms with Crippen LogP contribution in [0.4, 0.5) is 5.82 Å². The smallest absolute Gasteiger partial charge is 0.132 e. The summed E-state index contributed by atoms with van der Waals surface area (Å²) >= 11 is 5.76. The molecule has 1 atom stereocenters. The van der Waals surface area contributed by atoms with Crippen LogP contribution >= 0.6 is 11.6 Å². The van der Waals surface area contributed by atoms with Gasteiger partial charge >= 0.3 is 0 Å². The summed E-state index contributed by atoms with van der Waals surface area (Å²) < 4.78 is 4.97. The maximum Gasteiger partial charge on any atom is 0.132 e. The number of aromatic nitrogens is 1. The lowest BCUT2D eigenvalue weighted by Gasteiger charge is -2.13. The Morgan fingerprint density at radius 3 is 3.00 bits per heavy atom. The first-order valence-corrected chi connectivity index (χ1v) is 4.86. The number of hydrogen-bond donors (Lipinski definition) is 1. The molecular formula is C10H12ClN3O. The Bertz CT molecular complexity index is 375. The number of ether oxygens (including phenoxy) is 1. The molecule has 1 aromatic heterocycles. The lowest BCUT2D eigenvalue weighted by molar-refractivity contribution is 0.190. The van der Waals surface area contributed by atoms with Crippen molar-refractivity contribution in [1.82, 2.24) is 4.98 Å². The van der Waals surface area contributed by atoms with Crippen LogP contribution in [0.25, 0.3) is 0 Å². The largest absolute Gasteiger partial charge is 0.383 e. The van der Waals surface area contributed by atoms with Crippen LogP contribution in [0.15, 0.2) is 12.1 Å². The van der Waals surface area contributed by atoms with Crippen molar-refractivity contribution in [3.63, 3.8) is 0 Å². The molecule has 0 aliphatic heterocycles. The second-order valence-corrected chi connectivity index (χ2v) is 3.56. The van der Waals surface area contributed by atoms with E-state index in [4.69, 9.17) is 21.6 Å². The average Bonchev–Trinajstić information content (AvgIpc) is 2.17. The van der Waals surface area contributed by atoms with Crippen LogP contribution in [-0.4, -0.2) is 24.7 Å². The summed E-state index contributed by atoms with van der Waals surface area (Å²) in [7, 11) is 1.63. The zero-order valence-corrected chi connectivity index (χ0v) is 9.38. The molecule has 4 nitrogen and oxygen atoms in total. The van der Waals surface area contributed by atoms with Crippen LogP contribution in [0.3, 0.4) is 0 Å². The molecule has 0 bridgehead atoms. The Labute approximate surface area is 93.8 Å². The summed E-state index contributed by atoms with van der Waals surface area (Å²) in [6.45, 7) is 2.52. The number of anilines is 1. The van der Waals surface area contributed by atoms with Crippen molar-refractivity contribution < 1.29 is 4.74 Å². The summed E-state index contributed by atoms with van der Waals surface area (Å²) in [5.41, 5.74) is 0.488. The molecule has 0 aromatic carbocycles. The SMILES string of the molecule is COCC(C)Nc1cc(C#N)cc(Cl)n1. The van der Waals surface area contributed by atoms with Crippen LogP contribution in [0.2, 0.25) is 5.15 Å². The highest BCUT2D eigenvalue weighted by molar-refractivity contribution is 6.29. The molecular weight excluding hydrogens is 214 g/mol. The highest BCUT2D eigenvalue weighted by Gasteiger charge is 2.04. The third-order valence-electron chi connectivity index (χ3n) is 1.73. The van der Waals surface area contributed by atoms with Gasteiger partial charge in [0.1, 0.15) is 11.0 Å². The maximum atomic E-state index is 8.74. The third-order valence-corrected chi connectivity index (χ3v) is 1.93. The first kappa shape index (κ1) is 11.8. The maximum absolute atomic E-state index is 8.74. The van der Waals surface area contributed by atoms with Crippen molar-refractivity contribution >= 4 is 17.4 Å². The molecule has 0 saturated carbocycles. The van der Waals surface area contributed by atoms with Crippen LogP contribution in [0.5, 0.6) is 0 Å². The van der Waals surface area contributed by atoms with Crippen molar-refractivity contribution in [2.75, 3.05) is 19.0 Å². The van der Waals surface area contributed by atoms with Gasteiger partial charge in [0.25, 0.3) is 0 Å². The van der Waals surface area contributed by atoms with Crippen molar-refractivity contribution in [1.29, 1.82) is 5.26 Å². The second-order valence-electron chi connectivity index (χ2n) is 3.18. The normalized spacial score (nSPS) is 11.9. The fraction of sp³-hybridized carbons (Fsp3) is 0.400. The van der Waals surface area contributed by atoms with E-state index >= 15 is 0 Å². The predicted molar refractivity (Wildman–Crippen MR) is 58.9 cm³/mol. The Morgan fingerprint density at radius 2 is 2.40 bits per heavy atom. The van der Waals surface area contributed by atoms with Gasteiger partial charge in [-0.15, -0.1) is 0 Å². The van der Waals surface area contributed by atoms with Gasteiger partial charge < -0.3 is 10.1 Å². The second kappa shape index (κ2) is 5.54. The van der Waals surface area contributed by atoms with Gasteiger partial charge in [-0.3, -0.25) is 0 Å². The van der Waals surface area contributed by atoms with E-state index in [0.717, 1.165) is 0 Å². The quantitative estimate of drug-likeness (QED) is 0.797. The zero-order chi connectivity index (χ0) is 11.3. The van der Waals surface area contributed by atoms with Gasteiger partial charge in [0.2, 0.25) is 0 Å². The molecule has 0 spiro atoms. The summed E-state index contributed by atoms with van der Waals surface area (Å²) in [5.74, 6) is 0.587. The number of hydrogen-bond acceptors (Lipinski definition) is 4. The fourth-order valence-electron chi connectivity index (χ4n) is 1.18. The molecule has 80 valence electrons. The minimum Gasteiger partial charge on any atom is -0.383 e. The monoisotopic (exact) mass is 225 g/mol. The fourth-order valence-corrected chi connectivity index (χ4v) is 1.39. The predicted octanol–water partition coefficient (Wildman–Crippen LogP) is 2.05. The van der Waals surface area contributed by atoms with E-state index in [1.165, 1.54) is 6.07 Å². The highest BCUT2D eigenvalue weighted by atomic mass is 35.5. The number of rotatable bonds is 4. The summed E-state index contributed by atoms with van der Waals surface area (Å²) in [4.78, 5) is 4.05. The van der Waals surface area contributed by atoms with E-state index in [1.54, 1.807) is 13.2 Å². The summed E-state index contributed by atoms with van der Waals surface area (Å²) in [6.07, 6.45) is 0. The van der Waals surface area contributed by atoms with Crippen molar-refractivity contribution in [3.05, 3.63) is 22.8 Å². The van der Waals surface area contributed by atoms with Gasteiger partial charge in [0.15, 0.2) is 0 Å². The molecule has 0 saturated heterocycles. The highest BCUT2D eigenvalue weighted by Crippen LogP contribution is 2.14. The lowest BCUT2D eigenvalue weighted by atomic mass is 10.3. The van der Waals surface area contributed by atoms with E-state index in [2.05, 4.69) is 10.3 Å². The number of nitriles is 1. The molecule has 0 aliphatic rings. The molecule has 1 unspecified atom stereocenters. The Morgan fingerprint density at radius 1 is 1.67 bits per heavy atom. The minimum absolute atomic E-state index is 0.118. The Kier molecular flexibility index (Phi) is 4.35. The van der Waals surface area contributed by atoms with E-state index in [9.17, 15) is 0 Å². The molecule has 0 fully saturated rings. The van der Waals surface area contributed by atoms with Crippen molar-refractivity contribution in [2.45, 2.75) is 13.0 Å². The standard InChI is InChI=1S/C10H12ClN3O/c1-7(6-15-2)13-10-4-8(5-12)3-9(11)14-10/h3-4,7H,6H2,1-2H3,(H,13,14). The first-order chi connectivity index (χ1) is 7.15. The Hall–Kier alpha value is -1.31. The van der Waals surface area contributed by atoms with Crippen molar-refractivity contribution in [2.24, 2.45) is 0 Å². The van der Waals surface area contributed by atoms with Crippen LogP contribution in [0.1, 0.15) is 12.5 Å². The van der Waals surface area contributed by atoms with E-state index in [1.807, 2.05) is 13.0 Å². The van der Waals surface area contributed by atoms with Gasteiger partial charge in [-0.1, -0.05) is 11.6 Å². The average molecular weight is 226 g/mol. The molecule has 5 heteroatoms. The first-order valence-electron chi connectivity index (χ1n) is 4.49. The van der Waals surface area contributed by atoms with Gasteiger partial charge in [-0.25, -0.2) is 4.98 Å². The number of halogens is 1. The molecule has 1 aromatic rings. The van der Waals surface area contributed by atoms with Gasteiger partial charge in [-0.05, 0) is 19.1 Å². The minimum atomic E-state index is 0.118. The molecule has 15 heavy (non-hydrogen) atoms. The van der Waals surface area contributed by atoms with Crippen LogP contribution < -0.4 is 5.32 Å². The summed E-state index contributed by atoms with van der Waals surface area (Å²) in [6, 6.07) is 5.31. The topological polar surface area (TPSA) is 57.9 Å².